The highest BCUT2D eigenvalue weighted by molar-refractivity contribution is 6.20. The monoisotopic (exact) mass is 190 g/mol. The number of halogens is 1. The molecule has 0 aliphatic carbocycles. The Kier molecular flexibility index (Phi) is 2.45. The fraction of sp³-hybridized carbons (Fsp3) is 1.00. The number of hydrogen-bond donors (Lipinski definition) is 0. The fourth-order valence-electron chi connectivity index (χ4n) is 2.14. The van der Waals surface area contributed by atoms with Crippen molar-refractivity contribution in [2.75, 3.05) is 0 Å². The lowest BCUT2D eigenvalue weighted by Gasteiger charge is -2.48. The first-order valence-electron chi connectivity index (χ1n) is 4.37. The minimum absolute atomic E-state index is 0.139. The number of hydrogen-bond acceptors (Lipinski definition) is 1. The van der Waals surface area contributed by atoms with Gasteiger partial charge >= 0.3 is 0 Å². The van der Waals surface area contributed by atoms with E-state index in [1.165, 1.54) is 5.06 Å². The standard InChI is InChI=1S/C9H17ClNO/c1-8(2)5-7(10)6-9(3,4)11(8)12/h7H,5-6H2,1-4H3. The molecule has 2 nitrogen and oxygen atoms in total. The van der Waals surface area contributed by atoms with E-state index in [2.05, 4.69) is 0 Å². The Morgan fingerprint density at radius 2 is 1.50 bits per heavy atom. The van der Waals surface area contributed by atoms with Gasteiger partial charge in [0.15, 0.2) is 0 Å². The largest absolute Gasteiger partial charge is 0.144 e. The van der Waals surface area contributed by atoms with Crippen LogP contribution in [0, 0.1) is 0 Å². The predicted molar refractivity (Wildman–Crippen MR) is 49.6 cm³/mol. The molecule has 1 rings (SSSR count). The van der Waals surface area contributed by atoms with E-state index in [4.69, 9.17) is 11.6 Å². The molecule has 3 heteroatoms. The van der Waals surface area contributed by atoms with Crippen molar-refractivity contribution in [2.45, 2.75) is 57.0 Å². The molecule has 12 heavy (non-hydrogen) atoms. The maximum Gasteiger partial charge on any atom is 0.0457 e. The molecule has 0 spiro atoms. The predicted octanol–water partition coefficient (Wildman–Crippen LogP) is 2.59. The molecule has 0 unspecified atom stereocenters. The van der Waals surface area contributed by atoms with Gasteiger partial charge in [0, 0.05) is 16.5 Å². The SMILES string of the molecule is CC1(C)CC(Cl)CC(C)(C)N1[O]. The molecular weight excluding hydrogens is 174 g/mol. The Morgan fingerprint density at radius 1 is 1.17 bits per heavy atom. The van der Waals surface area contributed by atoms with Crippen LogP contribution in [0.5, 0.6) is 0 Å². The third-order valence-electron chi connectivity index (χ3n) is 2.54. The molecule has 1 heterocycles. The van der Waals surface area contributed by atoms with Gasteiger partial charge in [0.2, 0.25) is 0 Å². The van der Waals surface area contributed by atoms with Crippen molar-refractivity contribution in [3.63, 3.8) is 0 Å². The van der Waals surface area contributed by atoms with Crippen LogP contribution in [0.25, 0.3) is 0 Å². The lowest BCUT2D eigenvalue weighted by atomic mass is 9.82. The molecule has 0 N–H and O–H groups in total. The Bertz CT molecular complexity index is 161. The van der Waals surface area contributed by atoms with Crippen LogP contribution in [0.4, 0.5) is 0 Å². The highest BCUT2D eigenvalue weighted by atomic mass is 35.5. The summed E-state index contributed by atoms with van der Waals surface area (Å²) >= 11 is 6.09. The molecule has 1 radical (unpaired) electrons. The van der Waals surface area contributed by atoms with Gasteiger partial charge in [-0.1, -0.05) is 0 Å². The zero-order valence-corrected chi connectivity index (χ0v) is 8.98. The average Bonchev–Trinajstić information content (AvgIpc) is 1.80. The van der Waals surface area contributed by atoms with Crippen LogP contribution in [0.2, 0.25) is 0 Å². The molecule has 0 aromatic carbocycles. The van der Waals surface area contributed by atoms with Gasteiger partial charge in [0.05, 0.1) is 0 Å². The molecule has 0 aromatic rings. The zero-order valence-electron chi connectivity index (χ0n) is 8.22. The third-order valence-corrected chi connectivity index (χ3v) is 2.85. The van der Waals surface area contributed by atoms with Gasteiger partial charge in [0.1, 0.15) is 0 Å². The Morgan fingerprint density at radius 3 is 1.83 bits per heavy atom. The van der Waals surface area contributed by atoms with Crippen LogP contribution in [0.15, 0.2) is 0 Å². The Balaban J connectivity index is 2.84. The maximum atomic E-state index is 11.8. The number of hydroxylamine groups is 2. The summed E-state index contributed by atoms with van der Waals surface area (Å²) in [6, 6.07) is 0. The first-order valence-corrected chi connectivity index (χ1v) is 4.81. The Labute approximate surface area is 79.5 Å². The molecule has 0 amide bonds. The van der Waals surface area contributed by atoms with Crippen LogP contribution < -0.4 is 0 Å². The molecule has 1 aliphatic heterocycles. The second-order valence-electron chi connectivity index (χ2n) is 4.92. The smallest absolute Gasteiger partial charge is 0.0457 e. The van der Waals surface area contributed by atoms with Crippen molar-refractivity contribution < 1.29 is 5.21 Å². The van der Waals surface area contributed by atoms with Crippen LogP contribution >= 0.6 is 11.6 Å². The second kappa shape index (κ2) is 2.86. The first kappa shape index (κ1) is 10.3. The van der Waals surface area contributed by atoms with Gasteiger partial charge in [-0.3, -0.25) is 0 Å². The number of rotatable bonds is 0. The molecule has 1 fully saturated rings. The summed E-state index contributed by atoms with van der Waals surface area (Å²) in [6.45, 7) is 7.82. The van der Waals surface area contributed by atoms with Crippen molar-refractivity contribution in [3.05, 3.63) is 0 Å². The lowest BCUT2D eigenvalue weighted by Crippen LogP contribution is -2.58. The van der Waals surface area contributed by atoms with E-state index in [0.717, 1.165) is 12.8 Å². The van der Waals surface area contributed by atoms with Gasteiger partial charge in [0.25, 0.3) is 0 Å². The van der Waals surface area contributed by atoms with Gasteiger partial charge in [-0.25, -0.2) is 0 Å². The summed E-state index contributed by atoms with van der Waals surface area (Å²) < 4.78 is 0. The van der Waals surface area contributed by atoms with E-state index in [1.807, 2.05) is 27.7 Å². The van der Waals surface area contributed by atoms with Crippen molar-refractivity contribution in [3.8, 4) is 0 Å². The van der Waals surface area contributed by atoms with Gasteiger partial charge in [-0.05, 0) is 40.5 Å². The summed E-state index contributed by atoms with van der Waals surface area (Å²) in [5.41, 5.74) is -0.623. The first-order chi connectivity index (χ1) is 5.26. The van der Waals surface area contributed by atoms with E-state index in [-0.39, 0.29) is 16.5 Å². The highest BCUT2D eigenvalue weighted by Crippen LogP contribution is 2.38. The molecular formula is C9H17ClNO. The molecule has 0 bridgehead atoms. The van der Waals surface area contributed by atoms with E-state index in [0.29, 0.717) is 0 Å². The minimum Gasteiger partial charge on any atom is -0.144 e. The van der Waals surface area contributed by atoms with E-state index in [9.17, 15) is 5.21 Å². The van der Waals surface area contributed by atoms with Gasteiger partial charge in [-0.2, -0.15) is 0 Å². The van der Waals surface area contributed by atoms with Crippen molar-refractivity contribution >= 4 is 11.6 Å². The number of alkyl halides is 1. The molecule has 0 aromatic heterocycles. The molecule has 0 saturated carbocycles. The Hall–Kier alpha value is 0.210. The molecule has 1 aliphatic rings. The molecule has 1 saturated heterocycles. The van der Waals surface area contributed by atoms with Crippen LogP contribution in [-0.2, 0) is 5.21 Å². The van der Waals surface area contributed by atoms with Crippen LogP contribution in [0.1, 0.15) is 40.5 Å². The molecule has 0 atom stereocenters. The van der Waals surface area contributed by atoms with Crippen LogP contribution in [-0.4, -0.2) is 21.5 Å². The van der Waals surface area contributed by atoms with Crippen LogP contribution in [0.3, 0.4) is 0 Å². The number of nitrogens with zero attached hydrogens (tertiary/aromatic N) is 1. The van der Waals surface area contributed by atoms with Gasteiger partial charge in [-0.15, -0.1) is 21.9 Å². The van der Waals surface area contributed by atoms with E-state index >= 15 is 0 Å². The number of piperidine rings is 1. The fourth-order valence-corrected chi connectivity index (χ4v) is 2.90. The molecule has 71 valence electrons. The summed E-state index contributed by atoms with van der Waals surface area (Å²) in [7, 11) is 0. The zero-order chi connectivity index (χ0) is 9.57. The van der Waals surface area contributed by atoms with E-state index < -0.39 is 0 Å². The van der Waals surface area contributed by atoms with Crippen molar-refractivity contribution in [2.24, 2.45) is 0 Å². The topological polar surface area (TPSA) is 23.1 Å². The van der Waals surface area contributed by atoms with E-state index in [1.54, 1.807) is 0 Å². The summed E-state index contributed by atoms with van der Waals surface area (Å²) in [5, 5.41) is 13.1. The quantitative estimate of drug-likeness (QED) is 0.539. The third kappa shape index (κ3) is 1.76. The van der Waals surface area contributed by atoms with Crippen molar-refractivity contribution in [1.29, 1.82) is 0 Å². The summed E-state index contributed by atoms with van der Waals surface area (Å²) in [6.07, 6.45) is 1.56. The summed E-state index contributed by atoms with van der Waals surface area (Å²) in [4.78, 5) is 0. The van der Waals surface area contributed by atoms with Gasteiger partial charge < -0.3 is 0 Å². The maximum absolute atomic E-state index is 11.8. The summed E-state index contributed by atoms with van der Waals surface area (Å²) in [5.74, 6) is 0. The average molecular weight is 191 g/mol. The second-order valence-corrected chi connectivity index (χ2v) is 5.54. The minimum atomic E-state index is -0.311. The highest BCUT2D eigenvalue weighted by Gasteiger charge is 2.45. The van der Waals surface area contributed by atoms with Crippen molar-refractivity contribution in [1.82, 2.24) is 5.06 Å². The lowest BCUT2D eigenvalue weighted by molar-refractivity contribution is -0.286. The normalized spacial score (nSPS) is 30.5.